The van der Waals surface area contributed by atoms with Crippen LogP contribution in [0.25, 0.3) is 0 Å². The molecule has 1 aromatic heterocycles. The van der Waals surface area contributed by atoms with Crippen molar-refractivity contribution in [2.75, 3.05) is 36.6 Å². The minimum Gasteiger partial charge on any atom is -0.466 e. The highest BCUT2D eigenvalue weighted by Gasteiger charge is 2.27. The molecule has 1 N–H and O–H groups in total. The molecular weight excluding hydrogens is 457 g/mol. The van der Waals surface area contributed by atoms with Gasteiger partial charge >= 0.3 is 5.97 Å². The van der Waals surface area contributed by atoms with E-state index in [2.05, 4.69) is 29.0 Å². The molecule has 0 radical (unpaired) electrons. The molecule has 8 heteroatoms. The van der Waals surface area contributed by atoms with Gasteiger partial charge in [0.1, 0.15) is 11.6 Å². The average molecular weight is 492 g/mol. The number of nitrogens with zero attached hydrogens (tertiary/aromatic N) is 2. The third kappa shape index (κ3) is 7.06. The largest absolute Gasteiger partial charge is 0.466 e. The fourth-order valence-electron chi connectivity index (χ4n) is 4.30. The first-order valence-electron chi connectivity index (χ1n) is 12.0. The Hall–Kier alpha value is -2.38. The third-order valence-corrected chi connectivity index (χ3v) is 6.14. The van der Waals surface area contributed by atoms with Gasteiger partial charge in [0, 0.05) is 32.0 Å². The van der Waals surface area contributed by atoms with Crippen molar-refractivity contribution in [2.24, 2.45) is 5.92 Å². The fourth-order valence-corrected chi connectivity index (χ4v) is 4.41. The van der Waals surface area contributed by atoms with Crippen LogP contribution in [0.3, 0.4) is 0 Å². The Labute approximate surface area is 206 Å². The van der Waals surface area contributed by atoms with Crippen LogP contribution in [0.5, 0.6) is 0 Å². The molecular formula is C26H35ClFN3O3. The lowest BCUT2D eigenvalue weighted by Gasteiger charge is -2.38. The van der Waals surface area contributed by atoms with Gasteiger partial charge in [-0.3, -0.25) is 4.79 Å². The highest BCUT2D eigenvalue weighted by atomic mass is 35.5. The van der Waals surface area contributed by atoms with Crippen LogP contribution in [0.4, 0.5) is 21.6 Å². The molecule has 1 atom stereocenters. The van der Waals surface area contributed by atoms with Gasteiger partial charge in [-0.1, -0.05) is 32.4 Å². The first-order chi connectivity index (χ1) is 16.3. The lowest BCUT2D eigenvalue weighted by molar-refractivity contribution is -0.143. The minimum atomic E-state index is -0.339. The Morgan fingerprint density at radius 2 is 2.03 bits per heavy atom. The maximum absolute atomic E-state index is 15.5. The van der Waals surface area contributed by atoms with Gasteiger partial charge in [-0.05, 0) is 61.4 Å². The number of nitrogens with one attached hydrogen (secondary N) is 1. The van der Waals surface area contributed by atoms with E-state index >= 15 is 4.39 Å². The molecule has 0 spiro atoms. The monoisotopic (exact) mass is 491 g/mol. The smallest absolute Gasteiger partial charge is 0.306 e. The zero-order chi connectivity index (χ0) is 24.7. The molecule has 1 aliphatic rings. The quantitative estimate of drug-likeness (QED) is 0.392. The predicted octanol–water partition coefficient (Wildman–Crippen LogP) is 6.32. The van der Waals surface area contributed by atoms with E-state index in [0.29, 0.717) is 42.1 Å². The summed E-state index contributed by atoms with van der Waals surface area (Å²) < 4.78 is 26.2. The molecule has 0 aliphatic carbocycles. The van der Waals surface area contributed by atoms with Crippen LogP contribution >= 0.6 is 11.6 Å². The van der Waals surface area contributed by atoms with Crippen LogP contribution in [0.15, 0.2) is 30.5 Å². The van der Waals surface area contributed by atoms with E-state index in [1.165, 1.54) is 0 Å². The highest BCUT2D eigenvalue weighted by Crippen LogP contribution is 2.37. The summed E-state index contributed by atoms with van der Waals surface area (Å²) in [6, 6.07) is 7.19. The molecule has 0 saturated carbocycles. The maximum atomic E-state index is 15.5. The van der Waals surface area contributed by atoms with Crippen molar-refractivity contribution >= 4 is 34.8 Å². The molecule has 186 valence electrons. The van der Waals surface area contributed by atoms with E-state index in [-0.39, 0.29) is 30.2 Å². The van der Waals surface area contributed by atoms with Gasteiger partial charge in [-0.2, -0.15) is 0 Å². The van der Waals surface area contributed by atoms with E-state index in [9.17, 15) is 4.79 Å². The van der Waals surface area contributed by atoms with Crippen LogP contribution in [0, 0.1) is 11.7 Å². The molecule has 2 heterocycles. The summed E-state index contributed by atoms with van der Waals surface area (Å²) in [6.45, 7) is 10.4. The summed E-state index contributed by atoms with van der Waals surface area (Å²) in [4.78, 5) is 18.7. The predicted molar refractivity (Wildman–Crippen MR) is 135 cm³/mol. The van der Waals surface area contributed by atoms with Crippen molar-refractivity contribution in [3.05, 3.63) is 46.9 Å². The molecule has 0 amide bonds. The second-order valence-corrected chi connectivity index (χ2v) is 9.61. The number of rotatable bonds is 10. The second-order valence-electron chi connectivity index (χ2n) is 9.18. The SMILES string of the molecule is CCOC(=O)CC(C)c1cc(Nc2ccc(Cl)cn2)c(N(CC(C)C)C2CCOCC2)cc1F. The summed E-state index contributed by atoms with van der Waals surface area (Å²) in [5, 5.41) is 3.91. The van der Waals surface area contributed by atoms with E-state index in [1.54, 1.807) is 37.4 Å². The van der Waals surface area contributed by atoms with Gasteiger partial charge < -0.3 is 19.7 Å². The zero-order valence-electron chi connectivity index (χ0n) is 20.4. The maximum Gasteiger partial charge on any atom is 0.306 e. The molecule has 3 rings (SSSR count). The van der Waals surface area contributed by atoms with Gasteiger partial charge in [0.25, 0.3) is 0 Å². The number of anilines is 3. The Bertz CT molecular complexity index is 949. The molecule has 1 aromatic carbocycles. The van der Waals surface area contributed by atoms with Gasteiger partial charge in [0.05, 0.1) is 29.4 Å². The molecule has 34 heavy (non-hydrogen) atoms. The Balaban J connectivity index is 2.03. The van der Waals surface area contributed by atoms with Crippen molar-refractivity contribution in [3.63, 3.8) is 0 Å². The van der Waals surface area contributed by atoms with E-state index in [0.717, 1.165) is 30.8 Å². The van der Waals surface area contributed by atoms with Gasteiger partial charge in [-0.25, -0.2) is 9.37 Å². The molecule has 1 aliphatic heterocycles. The number of hydrogen-bond donors (Lipinski definition) is 1. The topological polar surface area (TPSA) is 63.7 Å². The van der Waals surface area contributed by atoms with Crippen molar-refractivity contribution in [3.8, 4) is 0 Å². The summed E-state index contributed by atoms with van der Waals surface area (Å²) in [7, 11) is 0. The van der Waals surface area contributed by atoms with Crippen molar-refractivity contribution in [1.29, 1.82) is 0 Å². The van der Waals surface area contributed by atoms with Crippen molar-refractivity contribution < 1.29 is 18.7 Å². The van der Waals surface area contributed by atoms with E-state index in [4.69, 9.17) is 21.1 Å². The van der Waals surface area contributed by atoms with Crippen molar-refractivity contribution in [2.45, 2.75) is 58.9 Å². The van der Waals surface area contributed by atoms with E-state index in [1.807, 2.05) is 6.92 Å². The summed E-state index contributed by atoms with van der Waals surface area (Å²) >= 11 is 6.01. The summed E-state index contributed by atoms with van der Waals surface area (Å²) in [6.07, 6.45) is 3.45. The van der Waals surface area contributed by atoms with Crippen LogP contribution in [0.1, 0.15) is 58.4 Å². The van der Waals surface area contributed by atoms with Crippen molar-refractivity contribution in [1.82, 2.24) is 4.98 Å². The molecule has 6 nitrogen and oxygen atoms in total. The Kier molecular flexibility index (Phi) is 9.54. The molecule has 2 aromatic rings. The van der Waals surface area contributed by atoms with Crippen LogP contribution in [-0.4, -0.2) is 43.4 Å². The number of carbonyl (C=O) groups excluding carboxylic acids is 1. The number of carbonyl (C=O) groups is 1. The normalized spacial score (nSPS) is 15.3. The number of hydrogen-bond acceptors (Lipinski definition) is 6. The number of benzene rings is 1. The number of ether oxygens (including phenoxy) is 2. The molecule has 0 bridgehead atoms. The third-order valence-electron chi connectivity index (χ3n) is 5.92. The average Bonchev–Trinajstić information content (AvgIpc) is 2.80. The minimum absolute atomic E-state index is 0.110. The second kappa shape index (κ2) is 12.4. The van der Waals surface area contributed by atoms with E-state index < -0.39 is 0 Å². The lowest BCUT2D eigenvalue weighted by Crippen LogP contribution is -2.42. The van der Waals surface area contributed by atoms with Gasteiger partial charge in [0.15, 0.2) is 0 Å². The van der Waals surface area contributed by atoms with Gasteiger partial charge in [0.2, 0.25) is 0 Å². The standard InChI is InChI=1S/C26H35ClFN3O3/c1-5-34-26(32)12-18(4)21-13-23(30-25-7-6-19(27)15-29-25)24(14-22(21)28)31(16-17(2)3)20-8-10-33-11-9-20/h6-7,13-15,17-18,20H,5,8-12,16H2,1-4H3,(H,29,30). The Morgan fingerprint density at radius 1 is 1.29 bits per heavy atom. The fraction of sp³-hybridized carbons (Fsp3) is 0.538. The molecule has 1 fully saturated rings. The number of pyridine rings is 1. The number of esters is 1. The number of aromatic nitrogens is 1. The van der Waals surface area contributed by atoms with Crippen LogP contribution < -0.4 is 10.2 Å². The first-order valence-corrected chi connectivity index (χ1v) is 12.4. The number of halogens is 2. The molecule has 1 unspecified atom stereocenters. The first kappa shape index (κ1) is 26.2. The van der Waals surface area contributed by atoms with Gasteiger partial charge in [-0.15, -0.1) is 0 Å². The molecule has 1 saturated heterocycles. The summed E-state index contributed by atoms with van der Waals surface area (Å²) in [5.41, 5.74) is 1.99. The van der Waals surface area contributed by atoms with Crippen LogP contribution in [0.2, 0.25) is 5.02 Å². The lowest BCUT2D eigenvalue weighted by atomic mass is 9.95. The highest BCUT2D eigenvalue weighted by molar-refractivity contribution is 6.30. The zero-order valence-corrected chi connectivity index (χ0v) is 21.2. The van der Waals surface area contributed by atoms with Crippen LogP contribution in [-0.2, 0) is 14.3 Å². The Morgan fingerprint density at radius 3 is 2.65 bits per heavy atom. The summed E-state index contributed by atoms with van der Waals surface area (Å²) in [5.74, 6) is -0.0146.